The average Bonchev–Trinajstić information content (AvgIpc) is 3.16. The van der Waals surface area contributed by atoms with Crippen LogP contribution < -0.4 is 9.91 Å². The number of rotatable bonds is 4. The van der Waals surface area contributed by atoms with Crippen molar-refractivity contribution in [3.63, 3.8) is 0 Å². The molecule has 0 unspecified atom stereocenters. The van der Waals surface area contributed by atoms with Crippen molar-refractivity contribution in [1.82, 2.24) is 5.39 Å². The molecule has 2 aromatic rings. The molecule has 2 aliphatic heterocycles. The number of alkyl halides is 1. The molecule has 1 atom stereocenters. The fourth-order valence-electron chi connectivity index (χ4n) is 3.22. The number of hydrogen-bond acceptors (Lipinski definition) is 4. The van der Waals surface area contributed by atoms with Gasteiger partial charge in [-0.05, 0) is 24.1 Å². The van der Waals surface area contributed by atoms with Crippen LogP contribution in [-0.4, -0.2) is 31.8 Å². The van der Waals surface area contributed by atoms with E-state index >= 15 is 0 Å². The summed E-state index contributed by atoms with van der Waals surface area (Å²) < 4.78 is 55.6. The summed E-state index contributed by atoms with van der Waals surface area (Å²) in [7, 11) is 1.08. The predicted octanol–water partition coefficient (Wildman–Crippen LogP) is 4.29. The lowest BCUT2D eigenvalue weighted by molar-refractivity contribution is -0.257. The molecule has 0 bridgehead atoms. The maximum atomic E-state index is 14.6. The minimum absolute atomic E-state index is 0.0651. The van der Waals surface area contributed by atoms with E-state index in [1.54, 1.807) is 24.3 Å². The van der Waals surface area contributed by atoms with Gasteiger partial charge < -0.3 is 4.90 Å². The summed E-state index contributed by atoms with van der Waals surface area (Å²) in [4.78, 5) is 6.23. The van der Waals surface area contributed by atoms with E-state index in [1.165, 1.54) is 0 Å². The van der Waals surface area contributed by atoms with E-state index in [4.69, 9.17) is 0 Å². The number of hydrogen-bond donors (Lipinski definition) is 0. The van der Waals surface area contributed by atoms with Crippen molar-refractivity contribution in [2.45, 2.75) is 12.6 Å². The van der Waals surface area contributed by atoms with E-state index in [0.29, 0.717) is 25.1 Å². The van der Waals surface area contributed by atoms with Gasteiger partial charge >= 0.3 is 0 Å². The molecule has 0 saturated carbocycles. The average molecular weight is 353 g/mol. The van der Waals surface area contributed by atoms with Crippen LogP contribution in [0.5, 0.6) is 0 Å². The number of anilines is 3. The predicted molar refractivity (Wildman–Crippen MR) is 85.6 cm³/mol. The van der Waals surface area contributed by atoms with Crippen molar-refractivity contribution in [3.8, 4) is 11.1 Å². The molecule has 8 heteroatoms. The third kappa shape index (κ3) is 2.61. The van der Waals surface area contributed by atoms with Crippen LogP contribution in [0.2, 0.25) is 0 Å². The minimum atomic E-state index is -0.854. The van der Waals surface area contributed by atoms with Gasteiger partial charge in [0.05, 0.1) is 23.8 Å². The second kappa shape index (κ2) is 5.89. The number of halogens is 4. The highest BCUT2D eigenvalue weighted by Gasteiger charge is 2.42. The first kappa shape index (κ1) is 16.2. The Morgan fingerprint density at radius 2 is 1.92 bits per heavy atom. The quantitative estimate of drug-likeness (QED) is 0.353. The fourth-order valence-corrected chi connectivity index (χ4v) is 3.22. The Morgan fingerprint density at radius 1 is 1.20 bits per heavy atom. The SMILES string of the molecule is CON(F)N1c2cc(F)c(-c3ccc(N4CC[C@@H](F)C4)cc3)c(F)c21. The van der Waals surface area contributed by atoms with Crippen molar-refractivity contribution in [1.29, 1.82) is 0 Å². The first-order chi connectivity index (χ1) is 12.0. The third-order valence-electron chi connectivity index (χ3n) is 4.52. The standard InChI is InChI=1S/C17H15F4N3O/c1-25-24(21)23-14-8-13(19)15(16(20)17(14)23)10-2-4-12(5-3-10)22-7-6-11(18)9-22/h2-5,8,11H,6-7,9H2,1H3/t11-,23?/m1/s1. The second-order valence-corrected chi connectivity index (χ2v) is 6.01. The normalized spacial score (nSPS) is 18.9. The molecule has 132 valence electrons. The number of nitrogens with zero attached hydrogens (tertiary/aromatic N) is 3. The van der Waals surface area contributed by atoms with E-state index < -0.39 is 17.8 Å². The highest BCUT2D eigenvalue weighted by Crippen LogP contribution is 2.54. The lowest BCUT2D eigenvalue weighted by atomic mass is 10.0. The van der Waals surface area contributed by atoms with Crippen molar-refractivity contribution in [3.05, 3.63) is 42.0 Å². The van der Waals surface area contributed by atoms with Crippen molar-refractivity contribution in [2.75, 3.05) is 30.1 Å². The van der Waals surface area contributed by atoms with Gasteiger partial charge in [-0.1, -0.05) is 16.6 Å². The molecule has 2 heterocycles. The largest absolute Gasteiger partial charge is 0.369 e. The maximum Gasteiger partial charge on any atom is 0.161 e. The number of benzene rings is 2. The van der Waals surface area contributed by atoms with Gasteiger partial charge in [0.2, 0.25) is 0 Å². The van der Waals surface area contributed by atoms with Crippen LogP contribution in [0.1, 0.15) is 6.42 Å². The van der Waals surface area contributed by atoms with Gasteiger partial charge in [-0.3, -0.25) is 4.84 Å². The topological polar surface area (TPSA) is 18.7 Å². The maximum absolute atomic E-state index is 14.6. The van der Waals surface area contributed by atoms with Gasteiger partial charge in [0.1, 0.15) is 17.7 Å². The summed E-state index contributed by atoms with van der Waals surface area (Å²) in [5.74, 6) is -1.64. The van der Waals surface area contributed by atoms with Crippen LogP contribution >= 0.6 is 0 Å². The van der Waals surface area contributed by atoms with Crippen LogP contribution in [0, 0.1) is 11.6 Å². The summed E-state index contributed by atoms with van der Waals surface area (Å²) in [6, 6.07) is 7.61. The molecular formula is C17H15F4N3O. The van der Waals surface area contributed by atoms with Crippen LogP contribution in [-0.2, 0) is 4.84 Å². The molecule has 0 spiro atoms. The molecular weight excluding hydrogens is 338 g/mol. The summed E-state index contributed by atoms with van der Waals surface area (Å²) in [6.07, 6.45) is -0.376. The highest BCUT2D eigenvalue weighted by molar-refractivity contribution is 5.95. The molecule has 4 nitrogen and oxygen atoms in total. The number of hydrazine groups is 1. The van der Waals surface area contributed by atoms with Crippen molar-refractivity contribution >= 4 is 17.1 Å². The molecule has 0 N–H and O–H groups in total. The Hall–Kier alpha value is -2.32. The van der Waals surface area contributed by atoms with Crippen LogP contribution in [0.3, 0.4) is 0 Å². The van der Waals surface area contributed by atoms with Gasteiger partial charge in [0.15, 0.2) is 5.82 Å². The zero-order valence-electron chi connectivity index (χ0n) is 13.3. The molecule has 2 aliphatic rings. The molecule has 2 aromatic carbocycles. The molecule has 25 heavy (non-hydrogen) atoms. The number of fused-ring (bicyclic) bond motifs is 1. The van der Waals surface area contributed by atoms with Gasteiger partial charge in [0.25, 0.3) is 0 Å². The molecule has 0 radical (unpaired) electrons. The Bertz CT molecular complexity index is 815. The lowest BCUT2D eigenvalue weighted by Crippen LogP contribution is -2.20. The molecule has 4 rings (SSSR count). The van der Waals surface area contributed by atoms with E-state index in [-0.39, 0.29) is 22.3 Å². The molecule has 0 aromatic heterocycles. The Balaban J connectivity index is 1.64. The zero-order valence-corrected chi connectivity index (χ0v) is 13.3. The van der Waals surface area contributed by atoms with E-state index in [2.05, 4.69) is 4.84 Å². The fraction of sp³-hybridized carbons (Fsp3) is 0.294. The molecule has 1 fully saturated rings. The second-order valence-electron chi connectivity index (χ2n) is 6.01. The molecule has 1 saturated heterocycles. The first-order valence-corrected chi connectivity index (χ1v) is 7.82. The minimum Gasteiger partial charge on any atom is -0.369 e. The first-order valence-electron chi connectivity index (χ1n) is 7.82. The summed E-state index contributed by atoms with van der Waals surface area (Å²) in [5, 5.41) is 0.628. The monoisotopic (exact) mass is 353 g/mol. The molecule has 0 aliphatic carbocycles. The summed E-state index contributed by atoms with van der Waals surface area (Å²) in [5.41, 5.74) is 0.900. The Labute approximate surface area is 141 Å². The molecule has 0 amide bonds. The smallest absolute Gasteiger partial charge is 0.161 e. The van der Waals surface area contributed by atoms with Gasteiger partial charge in [-0.15, -0.1) is 0 Å². The van der Waals surface area contributed by atoms with Crippen LogP contribution in [0.4, 0.5) is 34.7 Å². The van der Waals surface area contributed by atoms with Crippen LogP contribution in [0.25, 0.3) is 11.1 Å². The Kier molecular flexibility index (Phi) is 3.81. The van der Waals surface area contributed by atoms with E-state index in [1.807, 2.05) is 4.90 Å². The van der Waals surface area contributed by atoms with E-state index in [9.17, 15) is 17.7 Å². The van der Waals surface area contributed by atoms with Crippen molar-refractivity contribution < 1.29 is 22.5 Å². The van der Waals surface area contributed by atoms with Gasteiger partial charge in [0, 0.05) is 24.8 Å². The van der Waals surface area contributed by atoms with Crippen LogP contribution in [0.15, 0.2) is 30.3 Å². The summed E-state index contributed by atoms with van der Waals surface area (Å²) in [6.45, 7) is 0.930. The van der Waals surface area contributed by atoms with E-state index in [0.717, 1.165) is 23.9 Å². The lowest BCUT2D eigenvalue weighted by Gasteiger charge is -2.17. The summed E-state index contributed by atoms with van der Waals surface area (Å²) >= 11 is 0. The highest BCUT2D eigenvalue weighted by atomic mass is 19.2. The van der Waals surface area contributed by atoms with Crippen molar-refractivity contribution in [2.24, 2.45) is 0 Å². The van der Waals surface area contributed by atoms with Gasteiger partial charge in [-0.2, -0.15) is 0 Å². The Morgan fingerprint density at radius 3 is 2.52 bits per heavy atom. The zero-order chi connectivity index (χ0) is 17.7. The third-order valence-corrected chi connectivity index (χ3v) is 4.52. The van der Waals surface area contributed by atoms with Gasteiger partial charge in [-0.25, -0.2) is 18.2 Å².